The van der Waals surface area contributed by atoms with Crippen molar-refractivity contribution in [2.24, 2.45) is 0 Å². The van der Waals surface area contributed by atoms with Gasteiger partial charge >= 0.3 is 123 Å². The van der Waals surface area contributed by atoms with E-state index in [2.05, 4.69) is 0 Å². The van der Waals surface area contributed by atoms with E-state index in [1.165, 1.54) is 5.54 Å². The third kappa shape index (κ3) is 3.71. The van der Waals surface area contributed by atoms with Crippen molar-refractivity contribution in [3.8, 4) is 0 Å². The SMILES string of the molecule is O=S(=O)([Se]/C(=C/Cl)c1ccccc1)c1ccccc1. The molecular weight excluding hydrogens is 347 g/mol. The van der Waals surface area contributed by atoms with Gasteiger partial charge in [-0.2, -0.15) is 0 Å². The Bertz CT molecular complexity index is 667. The first-order valence-electron chi connectivity index (χ1n) is 5.49. The number of hydrogen-bond acceptors (Lipinski definition) is 2. The van der Waals surface area contributed by atoms with Gasteiger partial charge in [0.15, 0.2) is 0 Å². The molecule has 2 aromatic carbocycles. The molecule has 0 radical (unpaired) electrons. The average molecular weight is 358 g/mol. The normalized spacial score (nSPS) is 12.4. The van der Waals surface area contributed by atoms with Crippen LogP contribution in [0.1, 0.15) is 5.56 Å². The summed E-state index contributed by atoms with van der Waals surface area (Å²) in [7, 11) is -3.31. The topological polar surface area (TPSA) is 34.1 Å². The Labute approximate surface area is 123 Å². The molecule has 0 unspecified atom stereocenters. The van der Waals surface area contributed by atoms with Crippen LogP contribution in [0.15, 0.2) is 71.1 Å². The molecule has 98 valence electrons. The number of benzene rings is 2. The molecule has 0 aromatic heterocycles. The summed E-state index contributed by atoms with van der Waals surface area (Å²) in [6, 6.07) is 17.8. The molecule has 2 aromatic rings. The zero-order valence-corrected chi connectivity index (χ0v) is 13.1. The number of rotatable bonds is 4. The van der Waals surface area contributed by atoms with Gasteiger partial charge in [-0.05, 0) is 0 Å². The van der Waals surface area contributed by atoms with Gasteiger partial charge in [0.2, 0.25) is 0 Å². The Kier molecular flexibility index (Phi) is 4.83. The third-order valence-electron chi connectivity index (χ3n) is 2.39. The molecule has 5 heteroatoms. The van der Waals surface area contributed by atoms with Crippen LogP contribution in [0, 0.1) is 0 Å². The van der Waals surface area contributed by atoms with Crippen LogP contribution in [0.25, 0.3) is 4.47 Å². The summed E-state index contributed by atoms with van der Waals surface area (Å²) in [5.74, 6) is 0. The van der Waals surface area contributed by atoms with Crippen LogP contribution in [0.5, 0.6) is 0 Å². The van der Waals surface area contributed by atoms with E-state index >= 15 is 0 Å². The summed E-state index contributed by atoms with van der Waals surface area (Å²) in [4.78, 5) is 0.335. The van der Waals surface area contributed by atoms with E-state index in [1.54, 1.807) is 30.3 Å². The fourth-order valence-electron chi connectivity index (χ4n) is 1.49. The van der Waals surface area contributed by atoms with E-state index in [0.717, 1.165) is 5.56 Å². The monoisotopic (exact) mass is 358 g/mol. The van der Waals surface area contributed by atoms with Crippen LogP contribution in [-0.4, -0.2) is 22.3 Å². The van der Waals surface area contributed by atoms with Crippen molar-refractivity contribution in [1.82, 2.24) is 0 Å². The second-order valence-corrected chi connectivity index (χ2v) is 10.2. The zero-order chi connectivity index (χ0) is 13.7. The van der Waals surface area contributed by atoms with E-state index < -0.39 is 22.1 Å². The molecular formula is C14H11ClO2SSe. The van der Waals surface area contributed by atoms with Crippen molar-refractivity contribution in [1.29, 1.82) is 0 Å². The molecule has 0 bridgehead atoms. The van der Waals surface area contributed by atoms with Crippen LogP contribution < -0.4 is 0 Å². The van der Waals surface area contributed by atoms with Gasteiger partial charge < -0.3 is 0 Å². The van der Waals surface area contributed by atoms with Crippen LogP contribution in [0.4, 0.5) is 0 Å². The molecule has 0 heterocycles. The van der Waals surface area contributed by atoms with Gasteiger partial charge in [0.05, 0.1) is 0 Å². The number of hydrogen-bond donors (Lipinski definition) is 0. The molecule has 0 aliphatic heterocycles. The van der Waals surface area contributed by atoms with Crippen molar-refractivity contribution in [3.63, 3.8) is 0 Å². The van der Waals surface area contributed by atoms with E-state index in [4.69, 9.17) is 11.6 Å². The van der Waals surface area contributed by atoms with E-state index in [9.17, 15) is 8.42 Å². The Hall–Kier alpha value is -1.06. The zero-order valence-electron chi connectivity index (χ0n) is 9.86. The summed E-state index contributed by atoms with van der Waals surface area (Å²) < 4.78 is 25.3. The van der Waals surface area contributed by atoms with Gasteiger partial charge in [-0.1, -0.05) is 0 Å². The van der Waals surface area contributed by atoms with E-state index in [1.807, 2.05) is 30.3 Å². The van der Waals surface area contributed by atoms with E-state index in [0.29, 0.717) is 9.37 Å². The molecule has 0 saturated carbocycles. The molecule has 0 aliphatic rings. The van der Waals surface area contributed by atoms with E-state index in [-0.39, 0.29) is 0 Å². The molecule has 2 nitrogen and oxygen atoms in total. The molecule has 0 spiro atoms. The second-order valence-electron chi connectivity index (χ2n) is 3.69. The quantitative estimate of drug-likeness (QED) is 0.787. The molecule has 0 aliphatic carbocycles. The summed E-state index contributed by atoms with van der Waals surface area (Å²) in [6.07, 6.45) is 0. The van der Waals surface area contributed by atoms with Crippen LogP contribution in [0.2, 0.25) is 0 Å². The van der Waals surface area contributed by atoms with Crippen LogP contribution in [-0.2, 0) is 8.26 Å². The first-order chi connectivity index (χ1) is 9.13. The molecule has 0 fully saturated rings. The number of halogens is 1. The van der Waals surface area contributed by atoms with Gasteiger partial charge in [-0.25, -0.2) is 0 Å². The molecule has 0 saturated heterocycles. The Morgan fingerprint density at radius 3 is 2.00 bits per heavy atom. The Morgan fingerprint density at radius 2 is 1.47 bits per heavy atom. The van der Waals surface area contributed by atoms with Crippen molar-refractivity contribution >= 4 is 38.2 Å². The standard InChI is InChI=1S/C14H11ClO2SSe/c15-11-14(12-7-3-1-4-8-12)19-18(16,17)13-9-5-2-6-10-13/h1-11H/b14-11+. The van der Waals surface area contributed by atoms with Crippen molar-refractivity contribution in [2.75, 3.05) is 0 Å². The van der Waals surface area contributed by atoms with Gasteiger partial charge in [0.1, 0.15) is 0 Å². The van der Waals surface area contributed by atoms with Crippen molar-refractivity contribution in [3.05, 3.63) is 71.8 Å². The van der Waals surface area contributed by atoms with Gasteiger partial charge in [0, 0.05) is 0 Å². The second kappa shape index (κ2) is 6.40. The summed E-state index contributed by atoms with van der Waals surface area (Å²) in [5.41, 5.74) is 2.20. The van der Waals surface area contributed by atoms with Crippen LogP contribution >= 0.6 is 11.6 Å². The van der Waals surface area contributed by atoms with Crippen molar-refractivity contribution in [2.45, 2.75) is 4.90 Å². The first-order valence-corrected chi connectivity index (χ1v) is 10.3. The maximum absolute atomic E-state index is 12.3. The molecule has 0 N–H and O–H groups in total. The third-order valence-corrected chi connectivity index (χ3v) is 8.61. The summed E-state index contributed by atoms with van der Waals surface area (Å²) in [6.45, 7) is 0. The van der Waals surface area contributed by atoms with Crippen LogP contribution in [0.3, 0.4) is 0 Å². The predicted octanol–water partition coefficient (Wildman–Crippen LogP) is 3.32. The fraction of sp³-hybridized carbons (Fsp3) is 0. The first kappa shape index (κ1) is 14.4. The van der Waals surface area contributed by atoms with Gasteiger partial charge in [-0.15, -0.1) is 0 Å². The summed E-state index contributed by atoms with van der Waals surface area (Å²) >= 11 is 5.03. The minimum absolute atomic E-state index is 0.335. The minimum atomic E-state index is -3.31. The Balaban J connectivity index is 2.30. The average Bonchev–Trinajstić information content (AvgIpc) is 2.47. The fourth-order valence-corrected chi connectivity index (χ4v) is 7.05. The predicted molar refractivity (Wildman–Crippen MR) is 79.7 cm³/mol. The summed E-state index contributed by atoms with van der Waals surface area (Å²) in [5, 5.41) is 0. The van der Waals surface area contributed by atoms with Gasteiger partial charge in [0.25, 0.3) is 0 Å². The molecule has 19 heavy (non-hydrogen) atoms. The molecule has 2 rings (SSSR count). The molecule has 0 atom stereocenters. The Morgan fingerprint density at radius 1 is 0.947 bits per heavy atom. The van der Waals surface area contributed by atoms with Gasteiger partial charge in [-0.3, -0.25) is 0 Å². The maximum atomic E-state index is 12.3. The molecule has 0 amide bonds. The van der Waals surface area contributed by atoms with Crippen molar-refractivity contribution < 1.29 is 8.42 Å².